The molecule has 12 heteroatoms. The molecule has 2 saturated heterocycles. The number of terminal acetylenes is 1. The number of amides is 1. The monoisotopic (exact) mass is 528 g/mol. The lowest BCUT2D eigenvalue weighted by atomic mass is 9.77. The summed E-state index contributed by atoms with van der Waals surface area (Å²) in [6.07, 6.45) is 12.8. The first-order chi connectivity index (χ1) is 17.3. The Hall–Kier alpha value is -1.33. The molecule has 0 radical (unpaired) electrons. The van der Waals surface area contributed by atoms with Crippen molar-refractivity contribution in [2.75, 3.05) is 26.2 Å². The highest BCUT2D eigenvalue weighted by atomic mass is 32.3. The molecule has 4 fully saturated rings. The van der Waals surface area contributed by atoms with Crippen LogP contribution in [0.15, 0.2) is 0 Å². The topological polar surface area (TPSA) is 133 Å². The number of hydrogen-bond acceptors (Lipinski definition) is 9. The molecular weight excluding hydrogens is 487 g/mol. The summed E-state index contributed by atoms with van der Waals surface area (Å²) >= 11 is 0. The Kier molecular flexibility index (Phi) is 9.97. The Labute approximate surface area is 214 Å². The largest absolute Gasteiger partial charge is 0.437 e. The zero-order valence-electron chi connectivity index (χ0n) is 20.8. The summed E-state index contributed by atoms with van der Waals surface area (Å²) in [4.78, 5) is 13.0. The molecule has 0 bridgehead atoms. The molecule has 4 aliphatic rings. The van der Waals surface area contributed by atoms with E-state index in [2.05, 4.69) is 42.2 Å². The smallest absolute Gasteiger partial charge is 0.355 e. The maximum Gasteiger partial charge on any atom is 0.437 e. The lowest BCUT2D eigenvalue weighted by Gasteiger charge is -2.35. The van der Waals surface area contributed by atoms with E-state index in [4.69, 9.17) is 6.42 Å². The lowest BCUT2D eigenvalue weighted by molar-refractivity contribution is -0.126. The van der Waals surface area contributed by atoms with Crippen LogP contribution in [0.5, 0.6) is 0 Å². The molecule has 2 saturated carbocycles. The predicted molar refractivity (Wildman–Crippen MR) is 134 cm³/mol. The maximum atomic E-state index is 13.2. The second-order valence-electron chi connectivity index (χ2n) is 10.7. The molecule has 4 rings (SSSR count). The second-order valence-corrected chi connectivity index (χ2v) is 11.7. The second kappa shape index (κ2) is 13.0. The summed E-state index contributed by atoms with van der Waals surface area (Å²) in [6, 6.07) is 0.247. The van der Waals surface area contributed by atoms with Crippen LogP contribution in [0.25, 0.3) is 0 Å². The number of hydrazine groups is 1. The third-order valence-electron chi connectivity index (χ3n) is 8.27. The highest BCUT2D eigenvalue weighted by molar-refractivity contribution is 7.81. The fourth-order valence-corrected chi connectivity index (χ4v) is 6.80. The minimum atomic E-state index is -5.09. The van der Waals surface area contributed by atoms with Crippen molar-refractivity contribution in [3.63, 3.8) is 0 Å². The van der Waals surface area contributed by atoms with Crippen LogP contribution >= 0.6 is 0 Å². The van der Waals surface area contributed by atoms with Gasteiger partial charge in [-0.3, -0.25) is 10.1 Å². The maximum absolute atomic E-state index is 13.2. The highest BCUT2D eigenvalue weighted by Gasteiger charge is 2.37. The van der Waals surface area contributed by atoms with Crippen molar-refractivity contribution < 1.29 is 21.3 Å². The van der Waals surface area contributed by atoms with Gasteiger partial charge in [-0.1, -0.05) is 10.3 Å². The third kappa shape index (κ3) is 7.84. The first-order valence-corrected chi connectivity index (χ1v) is 14.7. The van der Waals surface area contributed by atoms with E-state index >= 15 is 0 Å². The molecule has 0 aromatic heterocycles. The molecule has 2 heterocycles. The standard InChI is InChI=1S/C24H41FN6O4S/c1-2-16-5-4-8-21(35-36(25,33)34)20(16)14-28-24(32)18-6-3-7-19(13-18)27-15-22-29-23(31-30-22)17-9-11-26-12-10-17/h1,16-23,26-27,29-31H,3-15H2,(H,28,32). The number of piperidine rings is 1. The van der Waals surface area contributed by atoms with Crippen molar-refractivity contribution in [2.24, 2.45) is 23.7 Å². The van der Waals surface area contributed by atoms with E-state index in [-0.39, 0.29) is 42.7 Å². The molecule has 2 aliphatic carbocycles. The number of rotatable bonds is 9. The molecule has 7 unspecified atom stereocenters. The average molecular weight is 529 g/mol. The number of carbonyl (C=O) groups excluding carboxylic acids is 1. The summed E-state index contributed by atoms with van der Waals surface area (Å²) in [7, 11) is -5.09. The minimum Gasteiger partial charge on any atom is -0.355 e. The van der Waals surface area contributed by atoms with Crippen molar-refractivity contribution in [1.29, 1.82) is 0 Å². The average Bonchev–Trinajstić information content (AvgIpc) is 3.35. The molecule has 7 atom stereocenters. The van der Waals surface area contributed by atoms with E-state index in [0.717, 1.165) is 58.2 Å². The molecule has 0 aromatic carbocycles. The van der Waals surface area contributed by atoms with E-state index in [1.165, 1.54) is 0 Å². The van der Waals surface area contributed by atoms with Gasteiger partial charge in [-0.15, -0.1) is 12.3 Å². The molecule has 36 heavy (non-hydrogen) atoms. The van der Waals surface area contributed by atoms with Crippen molar-refractivity contribution in [3.8, 4) is 12.3 Å². The normalized spacial score (nSPS) is 36.3. The number of halogens is 1. The fourth-order valence-electron chi connectivity index (χ4n) is 6.27. The van der Waals surface area contributed by atoms with Crippen molar-refractivity contribution >= 4 is 16.4 Å². The molecular formula is C24H41FN6O4S. The van der Waals surface area contributed by atoms with Crippen LogP contribution in [0.2, 0.25) is 0 Å². The molecule has 10 nitrogen and oxygen atoms in total. The summed E-state index contributed by atoms with van der Waals surface area (Å²) in [5.74, 6) is 2.39. The number of carbonyl (C=O) groups is 1. The van der Waals surface area contributed by atoms with Crippen molar-refractivity contribution in [2.45, 2.75) is 82.3 Å². The molecule has 6 N–H and O–H groups in total. The van der Waals surface area contributed by atoms with Gasteiger partial charge >= 0.3 is 10.5 Å². The molecule has 0 spiro atoms. The van der Waals surface area contributed by atoms with Gasteiger partial charge in [0.05, 0.1) is 18.4 Å². The van der Waals surface area contributed by atoms with Crippen LogP contribution < -0.4 is 32.1 Å². The predicted octanol–water partition coefficient (Wildman–Crippen LogP) is 0.249. The van der Waals surface area contributed by atoms with Crippen LogP contribution in [-0.4, -0.2) is 65.0 Å². The lowest BCUT2D eigenvalue weighted by Crippen LogP contribution is -2.49. The van der Waals surface area contributed by atoms with E-state index in [1.54, 1.807) is 0 Å². The van der Waals surface area contributed by atoms with E-state index < -0.39 is 22.5 Å². The van der Waals surface area contributed by atoms with E-state index in [9.17, 15) is 17.1 Å². The Morgan fingerprint density at radius 3 is 2.58 bits per heavy atom. The van der Waals surface area contributed by atoms with Crippen LogP contribution in [0.3, 0.4) is 0 Å². The van der Waals surface area contributed by atoms with Gasteiger partial charge in [0.1, 0.15) is 0 Å². The van der Waals surface area contributed by atoms with Crippen molar-refractivity contribution in [3.05, 3.63) is 0 Å². The highest BCUT2D eigenvalue weighted by Crippen LogP contribution is 2.33. The van der Waals surface area contributed by atoms with Gasteiger partial charge in [-0.05, 0) is 70.4 Å². The number of hydrogen-bond donors (Lipinski definition) is 6. The van der Waals surface area contributed by atoms with Gasteiger partial charge < -0.3 is 16.0 Å². The Morgan fingerprint density at radius 2 is 1.83 bits per heavy atom. The Balaban J connectivity index is 1.21. The molecule has 204 valence electrons. The first-order valence-electron chi connectivity index (χ1n) is 13.4. The summed E-state index contributed by atoms with van der Waals surface area (Å²) in [5.41, 5.74) is 6.73. The van der Waals surface area contributed by atoms with Gasteiger partial charge in [0.15, 0.2) is 0 Å². The van der Waals surface area contributed by atoms with Gasteiger partial charge in [0.2, 0.25) is 5.91 Å². The Bertz CT molecular complexity index is 880. The van der Waals surface area contributed by atoms with Gasteiger partial charge in [0, 0.05) is 36.9 Å². The van der Waals surface area contributed by atoms with Crippen LogP contribution in [0, 0.1) is 36.0 Å². The summed E-state index contributed by atoms with van der Waals surface area (Å²) < 4.78 is 40.0. The summed E-state index contributed by atoms with van der Waals surface area (Å²) in [6.45, 7) is 3.07. The van der Waals surface area contributed by atoms with E-state index in [0.29, 0.717) is 25.2 Å². The van der Waals surface area contributed by atoms with E-state index in [1.807, 2.05) is 0 Å². The van der Waals surface area contributed by atoms with Crippen LogP contribution in [-0.2, 0) is 19.5 Å². The third-order valence-corrected chi connectivity index (χ3v) is 8.74. The minimum absolute atomic E-state index is 0.0607. The van der Waals surface area contributed by atoms with Gasteiger partial charge in [0.25, 0.3) is 0 Å². The van der Waals surface area contributed by atoms with Crippen LogP contribution in [0.1, 0.15) is 57.8 Å². The zero-order valence-corrected chi connectivity index (χ0v) is 21.6. The van der Waals surface area contributed by atoms with Gasteiger partial charge in [-0.25, -0.2) is 15.0 Å². The number of nitrogens with one attached hydrogen (secondary N) is 6. The Morgan fingerprint density at radius 1 is 1.06 bits per heavy atom. The first kappa shape index (κ1) is 27.7. The van der Waals surface area contributed by atoms with Crippen LogP contribution in [0.4, 0.5) is 3.89 Å². The SMILES string of the molecule is C#CC1CCCC(OS(=O)(=O)F)C1CNC(=O)C1CCCC(NCC2NNC(C3CCNCC3)N2)C1. The quantitative estimate of drug-likeness (QED) is 0.184. The molecule has 2 aliphatic heterocycles. The summed E-state index contributed by atoms with van der Waals surface area (Å²) in [5, 5.41) is 13.6. The fraction of sp³-hybridized carbons (Fsp3) is 0.875. The molecule has 0 aromatic rings. The van der Waals surface area contributed by atoms with Gasteiger partial charge in [-0.2, -0.15) is 8.42 Å². The molecule has 1 amide bonds. The van der Waals surface area contributed by atoms with Crippen molar-refractivity contribution in [1.82, 2.24) is 32.1 Å². The zero-order chi connectivity index (χ0) is 25.5.